The Balaban J connectivity index is 2.37. The molecule has 0 fully saturated rings. The average Bonchev–Trinajstić information content (AvgIpc) is 2.60. The number of primary amides is 1. The third-order valence-electron chi connectivity index (χ3n) is 3.69. The molecule has 3 N–H and O–H groups in total. The average molecular weight is 399 g/mol. The summed E-state index contributed by atoms with van der Waals surface area (Å²) in [6.45, 7) is 0. The number of carbonyl (C=O) groups excluding carboxylic acids is 3. The number of benzene rings is 2. The lowest BCUT2D eigenvalue weighted by atomic mass is 10.0. The van der Waals surface area contributed by atoms with Gasteiger partial charge in [0, 0.05) is 6.42 Å². The van der Waals surface area contributed by atoms with Crippen molar-refractivity contribution >= 4 is 29.2 Å². The molecule has 0 aromatic heterocycles. The van der Waals surface area contributed by atoms with Gasteiger partial charge in [-0.1, -0.05) is 48.0 Å². The van der Waals surface area contributed by atoms with Crippen molar-refractivity contribution in [1.29, 1.82) is 0 Å². The van der Waals surface area contributed by atoms with Crippen molar-refractivity contribution in [3.63, 3.8) is 0 Å². The van der Waals surface area contributed by atoms with Crippen LogP contribution in [0.15, 0.2) is 48.5 Å². The van der Waals surface area contributed by atoms with E-state index in [0.717, 1.165) is 12.1 Å². The second kappa shape index (κ2) is 8.22. The third-order valence-corrected chi connectivity index (χ3v) is 4.01. The van der Waals surface area contributed by atoms with Crippen LogP contribution in [0.25, 0.3) is 0 Å². The van der Waals surface area contributed by atoms with E-state index in [0.29, 0.717) is 11.6 Å². The number of nitrogens with one attached hydrogen (secondary N) is 1. The Labute approximate surface area is 157 Å². The van der Waals surface area contributed by atoms with E-state index in [-0.39, 0.29) is 6.42 Å². The number of halogens is 4. The molecule has 9 heteroatoms. The highest BCUT2D eigenvalue weighted by Crippen LogP contribution is 2.35. The molecule has 142 valence electrons. The molecule has 0 spiro atoms. The van der Waals surface area contributed by atoms with Crippen LogP contribution in [0.1, 0.15) is 21.5 Å². The third kappa shape index (κ3) is 5.07. The summed E-state index contributed by atoms with van der Waals surface area (Å²) in [6, 6.07) is 9.74. The second-order valence-electron chi connectivity index (χ2n) is 5.60. The highest BCUT2D eigenvalue weighted by molar-refractivity contribution is 6.38. The van der Waals surface area contributed by atoms with Crippen LogP contribution in [0, 0.1) is 0 Å². The Hall–Kier alpha value is -2.87. The molecule has 27 heavy (non-hydrogen) atoms. The van der Waals surface area contributed by atoms with Crippen molar-refractivity contribution in [2.75, 3.05) is 0 Å². The summed E-state index contributed by atoms with van der Waals surface area (Å²) >= 11 is 5.78. The maximum Gasteiger partial charge on any atom is 0.417 e. The normalized spacial score (nSPS) is 12.3. The Kier molecular flexibility index (Phi) is 6.22. The number of nitrogens with two attached hydrogens (primary N) is 1. The lowest BCUT2D eigenvalue weighted by Gasteiger charge is -2.19. The topological polar surface area (TPSA) is 89.3 Å². The van der Waals surface area contributed by atoms with Gasteiger partial charge < -0.3 is 11.1 Å². The van der Waals surface area contributed by atoms with Gasteiger partial charge in [-0.25, -0.2) is 0 Å². The lowest BCUT2D eigenvalue weighted by Crippen LogP contribution is -2.47. The SMILES string of the molecule is NC(=O)C(=O)C(Cc1ccccc1)NC(=O)c1c(Cl)cccc1C(F)(F)F. The monoisotopic (exact) mass is 398 g/mol. The van der Waals surface area contributed by atoms with Gasteiger partial charge >= 0.3 is 6.18 Å². The van der Waals surface area contributed by atoms with Crippen molar-refractivity contribution in [3.05, 3.63) is 70.2 Å². The largest absolute Gasteiger partial charge is 0.417 e. The first-order chi connectivity index (χ1) is 12.6. The molecule has 1 atom stereocenters. The fourth-order valence-corrected chi connectivity index (χ4v) is 2.71. The first-order valence-electron chi connectivity index (χ1n) is 7.65. The molecule has 0 aliphatic rings. The predicted octanol–water partition coefficient (Wildman–Crippen LogP) is 2.75. The van der Waals surface area contributed by atoms with E-state index < -0.39 is 46.0 Å². The lowest BCUT2D eigenvalue weighted by molar-refractivity contribution is -0.138. The van der Waals surface area contributed by atoms with Crippen molar-refractivity contribution in [3.8, 4) is 0 Å². The van der Waals surface area contributed by atoms with E-state index in [9.17, 15) is 27.6 Å². The van der Waals surface area contributed by atoms with Gasteiger partial charge in [-0.15, -0.1) is 0 Å². The van der Waals surface area contributed by atoms with Crippen LogP contribution in [-0.2, 0) is 22.2 Å². The van der Waals surface area contributed by atoms with Gasteiger partial charge in [-0.2, -0.15) is 13.2 Å². The predicted molar refractivity (Wildman–Crippen MR) is 92.1 cm³/mol. The minimum atomic E-state index is -4.83. The summed E-state index contributed by atoms with van der Waals surface area (Å²) in [5.74, 6) is -3.68. The summed E-state index contributed by atoms with van der Waals surface area (Å²) in [7, 11) is 0. The number of amides is 2. The number of hydrogen-bond acceptors (Lipinski definition) is 3. The summed E-state index contributed by atoms with van der Waals surface area (Å²) in [4.78, 5) is 35.8. The Morgan fingerprint density at radius 1 is 1.04 bits per heavy atom. The van der Waals surface area contributed by atoms with E-state index in [4.69, 9.17) is 17.3 Å². The smallest absolute Gasteiger partial charge is 0.363 e. The van der Waals surface area contributed by atoms with Gasteiger partial charge in [0.05, 0.1) is 16.1 Å². The Morgan fingerprint density at radius 3 is 2.22 bits per heavy atom. The van der Waals surface area contributed by atoms with Gasteiger partial charge in [0.1, 0.15) is 6.04 Å². The zero-order valence-electron chi connectivity index (χ0n) is 13.7. The molecule has 2 aromatic rings. The highest BCUT2D eigenvalue weighted by atomic mass is 35.5. The van der Waals surface area contributed by atoms with E-state index in [1.165, 1.54) is 0 Å². The zero-order valence-corrected chi connectivity index (χ0v) is 14.5. The maximum atomic E-state index is 13.2. The molecule has 0 aliphatic carbocycles. The van der Waals surface area contributed by atoms with Crippen molar-refractivity contribution in [1.82, 2.24) is 5.32 Å². The van der Waals surface area contributed by atoms with Gasteiger partial charge in [-0.3, -0.25) is 14.4 Å². The van der Waals surface area contributed by atoms with Crippen LogP contribution in [0.5, 0.6) is 0 Å². The number of rotatable bonds is 6. The molecule has 0 saturated carbocycles. The van der Waals surface area contributed by atoms with Gasteiger partial charge in [0.2, 0.25) is 5.78 Å². The molecule has 0 bridgehead atoms. The van der Waals surface area contributed by atoms with Crippen LogP contribution in [0.4, 0.5) is 13.2 Å². The maximum absolute atomic E-state index is 13.2. The Morgan fingerprint density at radius 2 is 1.67 bits per heavy atom. The van der Waals surface area contributed by atoms with Crippen LogP contribution in [0.3, 0.4) is 0 Å². The molecule has 0 heterocycles. The molecule has 0 saturated heterocycles. The number of Topliss-reactive ketones (excluding diaryl/α,β-unsaturated/α-hetero) is 1. The number of alkyl halides is 3. The standard InChI is InChI=1S/C18H14ClF3N2O3/c19-12-8-4-7-11(18(20,21)22)14(12)17(27)24-13(15(25)16(23)26)9-10-5-2-1-3-6-10/h1-8,13H,9H2,(H2,23,26)(H,24,27). The van der Waals surface area contributed by atoms with Crippen molar-refractivity contribution < 1.29 is 27.6 Å². The summed E-state index contributed by atoms with van der Waals surface area (Å²) in [5, 5.41) is 1.70. The number of hydrogen-bond donors (Lipinski definition) is 2. The van der Waals surface area contributed by atoms with Crippen LogP contribution in [-0.4, -0.2) is 23.6 Å². The summed E-state index contributed by atoms with van der Waals surface area (Å²) in [5.41, 5.74) is 3.48. The fourth-order valence-electron chi connectivity index (χ4n) is 2.45. The Bertz CT molecular complexity index is 870. The molecule has 0 radical (unpaired) electrons. The van der Waals surface area contributed by atoms with Crippen LogP contribution >= 0.6 is 11.6 Å². The van der Waals surface area contributed by atoms with Crippen molar-refractivity contribution in [2.24, 2.45) is 5.73 Å². The van der Waals surface area contributed by atoms with E-state index >= 15 is 0 Å². The molecular weight excluding hydrogens is 385 g/mol. The molecule has 0 aliphatic heterocycles. The quantitative estimate of drug-likeness (QED) is 0.733. The van der Waals surface area contributed by atoms with E-state index in [2.05, 4.69) is 5.32 Å². The van der Waals surface area contributed by atoms with Gasteiger partial charge in [0.15, 0.2) is 0 Å². The number of carbonyl (C=O) groups is 3. The van der Waals surface area contributed by atoms with E-state index in [1.807, 2.05) is 0 Å². The molecule has 1 unspecified atom stereocenters. The molecule has 5 nitrogen and oxygen atoms in total. The first-order valence-corrected chi connectivity index (χ1v) is 8.03. The molecule has 2 rings (SSSR count). The number of ketones is 1. The minimum Gasteiger partial charge on any atom is -0.363 e. The molecule has 2 aromatic carbocycles. The minimum absolute atomic E-state index is 0.125. The summed E-state index contributed by atoms with van der Waals surface area (Å²) < 4.78 is 39.5. The van der Waals surface area contributed by atoms with Gasteiger partial charge in [-0.05, 0) is 17.7 Å². The van der Waals surface area contributed by atoms with E-state index in [1.54, 1.807) is 30.3 Å². The van der Waals surface area contributed by atoms with Gasteiger partial charge in [0.25, 0.3) is 11.8 Å². The fraction of sp³-hybridized carbons (Fsp3) is 0.167. The second-order valence-corrected chi connectivity index (χ2v) is 6.01. The molecule has 2 amide bonds. The molecular formula is C18H14ClF3N2O3. The first kappa shape index (κ1) is 20.4. The summed E-state index contributed by atoms with van der Waals surface area (Å²) in [6.07, 6.45) is -4.96. The zero-order chi connectivity index (χ0) is 20.2. The van der Waals surface area contributed by atoms with Crippen LogP contribution < -0.4 is 11.1 Å². The van der Waals surface area contributed by atoms with Crippen molar-refractivity contribution in [2.45, 2.75) is 18.6 Å². The highest BCUT2D eigenvalue weighted by Gasteiger charge is 2.37. The van der Waals surface area contributed by atoms with Crippen LogP contribution in [0.2, 0.25) is 5.02 Å².